The number of carbonyl (C=O) groups excluding carboxylic acids is 1. The lowest BCUT2D eigenvalue weighted by molar-refractivity contribution is -0.142. The molecule has 3 rings (SSSR count). The van der Waals surface area contributed by atoms with Gasteiger partial charge in [0.05, 0.1) is 6.04 Å². The van der Waals surface area contributed by atoms with Crippen LogP contribution in [0.15, 0.2) is 0 Å². The molecule has 0 aromatic carbocycles. The van der Waals surface area contributed by atoms with Gasteiger partial charge >= 0.3 is 0 Å². The van der Waals surface area contributed by atoms with E-state index in [2.05, 4.69) is 33.9 Å². The van der Waals surface area contributed by atoms with Crippen LogP contribution in [0.3, 0.4) is 0 Å². The average molecular weight is 280 g/mol. The summed E-state index contributed by atoms with van der Waals surface area (Å²) >= 11 is 0. The molecule has 0 radical (unpaired) electrons. The molecule has 3 fully saturated rings. The first-order valence-corrected chi connectivity index (χ1v) is 8.16. The van der Waals surface area contributed by atoms with E-state index in [0.717, 1.165) is 39.3 Å². The quantitative estimate of drug-likeness (QED) is 0.771. The van der Waals surface area contributed by atoms with Crippen molar-refractivity contribution in [2.24, 2.45) is 0 Å². The molecule has 3 heterocycles. The van der Waals surface area contributed by atoms with Crippen LogP contribution in [-0.4, -0.2) is 84.5 Å². The second-order valence-electron chi connectivity index (χ2n) is 6.59. The van der Waals surface area contributed by atoms with Gasteiger partial charge in [-0.15, -0.1) is 0 Å². The molecular weight excluding hydrogens is 252 g/mol. The minimum Gasteiger partial charge on any atom is -0.336 e. The Morgan fingerprint density at radius 2 is 1.95 bits per heavy atom. The summed E-state index contributed by atoms with van der Waals surface area (Å²) in [6, 6.07) is 1.01. The smallest absolute Gasteiger partial charge is 0.239 e. The molecule has 3 aliphatic rings. The van der Waals surface area contributed by atoms with E-state index in [0.29, 0.717) is 18.0 Å². The van der Waals surface area contributed by atoms with Crippen molar-refractivity contribution < 1.29 is 4.79 Å². The minimum atomic E-state index is 0.0347. The number of nitrogens with one attached hydrogen (secondary N) is 1. The molecule has 0 bridgehead atoms. The number of nitrogens with zero attached hydrogens (tertiary/aromatic N) is 3. The van der Waals surface area contributed by atoms with Gasteiger partial charge < -0.3 is 10.2 Å². The Balaban J connectivity index is 1.63. The molecule has 5 heteroatoms. The molecule has 5 nitrogen and oxygen atoms in total. The minimum absolute atomic E-state index is 0.0347. The Labute approximate surface area is 122 Å². The maximum Gasteiger partial charge on any atom is 0.239 e. The standard InChI is InChI=1S/C15H28N4O/c1-12-10-18-7-3-4-14(18)11-19(12)15(20)13(2)17-8-5-16-6-9-17/h12-14,16H,3-11H2,1-2H3. The van der Waals surface area contributed by atoms with Crippen molar-refractivity contribution >= 4 is 5.91 Å². The fourth-order valence-electron chi connectivity index (χ4n) is 3.96. The highest BCUT2D eigenvalue weighted by molar-refractivity contribution is 5.82. The first kappa shape index (κ1) is 14.3. The topological polar surface area (TPSA) is 38.8 Å². The molecular formula is C15H28N4O. The Morgan fingerprint density at radius 3 is 2.70 bits per heavy atom. The molecule has 114 valence electrons. The molecule has 20 heavy (non-hydrogen) atoms. The number of fused-ring (bicyclic) bond motifs is 1. The number of rotatable bonds is 2. The van der Waals surface area contributed by atoms with Gasteiger partial charge in [0.15, 0.2) is 0 Å². The van der Waals surface area contributed by atoms with Crippen molar-refractivity contribution in [3.8, 4) is 0 Å². The maximum atomic E-state index is 12.8. The molecule has 1 amide bonds. The van der Waals surface area contributed by atoms with Crippen molar-refractivity contribution in [1.29, 1.82) is 0 Å². The monoisotopic (exact) mass is 280 g/mol. The van der Waals surface area contributed by atoms with Crippen molar-refractivity contribution in [2.75, 3.05) is 45.8 Å². The van der Waals surface area contributed by atoms with Gasteiger partial charge in [0.25, 0.3) is 0 Å². The summed E-state index contributed by atoms with van der Waals surface area (Å²) in [5, 5.41) is 3.35. The van der Waals surface area contributed by atoms with Crippen LogP contribution in [0.5, 0.6) is 0 Å². The lowest BCUT2D eigenvalue weighted by atomic mass is 10.1. The molecule has 3 unspecified atom stereocenters. The van der Waals surface area contributed by atoms with E-state index < -0.39 is 0 Å². The summed E-state index contributed by atoms with van der Waals surface area (Å²) in [5.41, 5.74) is 0. The summed E-state index contributed by atoms with van der Waals surface area (Å²) in [5.74, 6) is 0.339. The van der Waals surface area contributed by atoms with Gasteiger partial charge in [0, 0.05) is 51.4 Å². The molecule has 0 saturated carbocycles. The fraction of sp³-hybridized carbons (Fsp3) is 0.933. The van der Waals surface area contributed by atoms with Crippen molar-refractivity contribution in [3.05, 3.63) is 0 Å². The number of hydrogen-bond acceptors (Lipinski definition) is 4. The van der Waals surface area contributed by atoms with Gasteiger partial charge in [-0.3, -0.25) is 14.6 Å². The average Bonchev–Trinajstić information content (AvgIpc) is 2.93. The predicted octanol–water partition coefficient (Wildman–Crippen LogP) is -0.0248. The van der Waals surface area contributed by atoms with Crippen LogP contribution in [0.2, 0.25) is 0 Å². The van der Waals surface area contributed by atoms with Crippen LogP contribution in [0.25, 0.3) is 0 Å². The first-order valence-electron chi connectivity index (χ1n) is 8.16. The molecule has 0 aliphatic carbocycles. The Hall–Kier alpha value is -0.650. The first-order chi connectivity index (χ1) is 9.66. The highest BCUT2D eigenvalue weighted by Crippen LogP contribution is 2.25. The van der Waals surface area contributed by atoms with Crippen LogP contribution in [0.4, 0.5) is 0 Å². The third-order valence-electron chi connectivity index (χ3n) is 5.28. The molecule has 0 aromatic heterocycles. The molecule has 3 saturated heterocycles. The lowest BCUT2D eigenvalue weighted by Gasteiger charge is -2.44. The Bertz CT molecular complexity index is 356. The van der Waals surface area contributed by atoms with Crippen LogP contribution >= 0.6 is 0 Å². The number of piperazine rings is 2. The van der Waals surface area contributed by atoms with Gasteiger partial charge in [-0.2, -0.15) is 0 Å². The third-order valence-corrected chi connectivity index (χ3v) is 5.28. The number of amides is 1. The Morgan fingerprint density at radius 1 is 1.20 bits per heavy atom. The third kappa shape index (κ3) is 2.71. The van der Waals surface area contributed by atoms with Gasteiger partial charge in [-0.25, -0.2) is 0 Å². The van der Waals surface area contributed by atoms with Gasteiger partial charge in [0.2, 0.25) is 5.91 Å². The normalized spacial score (nSPS) is 34.0. The predicted molar refractivity (Wildman–Crippen MR) is 79.7 cm³/mol. The van der Waals surface area contributed by atoms with E-state index in [-0.39, 0.29) is 6.04 Å². The van der Waals surface area contributed by atoms with E-state index >= 15 is 0 Å². The van der Waals surface area contributed by atoms with E-state index in [1.54, 1.807) is 0 Å². The summed E-state index contributed by atoms with van der Waals surface area (Å²) < 4.78 is 0. The van der Waals surface area contributed by atoms with Crippen LogP contribution in [0, 0.1) is 0 Å². The highest BCUT2D eigenvalue weighted by Gasteiger charge is 2.38. The molecule has 3 aliphatic heterocycles. The summed E-state index contributed by atoms with van der Waals surface area (Å²) in [7, 11) is 0. The second-order valence-corrected chi connectivity index (χ2v) is 6.59. The number of carbonyl (C=O) groups is 1. The maximum absolute atomic E-state index is 12.8. The van der Waals surface area contributed by atoms with Crippen LogP contribution < -0.4 is 5.32 Å². The summed E-state index contributed by atoms with van der Waals surface area (Å²) in [4.78, 5) is 19.9. The van der Waals surface area contributed by atoms with E-state index in [1.807, 2.05) is 0 Å². The fourth-order valence-corrected chi connectivity index (χ4v) is 3.96. The molecule has 1 N–H and O–H groups in total. The molecule has 3 atom stereocenters. The van der Waals surface area contributed by atoms with Gasteiger partial charge in [-0.1, -0.05) is 0 Å². The summed E-state index contributed by atoms with van der Waals surface area (Å²) in [6.45, 7) is 11.5. The van der Waals surface area contributed by atoms with Crippen LogP contribution in [-0.2, 0) is 4.79 Å². The Kier molecular flexibility index (Phi) is 4.29. The zero-order chi connectivity index (χ0) is 14.1. The van der Waals surface area contributed by atoms with Crippen LogP contribution in [0.1, 0.15) is 26.7 Å². The van der Waals surface area contributed by atoms with E-state index in [9.17, 15) is 4.79 Å². The van der Waals surface area contributed by atoms with E-state index in [4.69, 9.17) is 0 Å². The van der Waals surface area contributed by atoms with Crippen molar-refractivity contribution in [3.63, 3.8) is 0 Å². The zero-order valence-corrected chi connectivity index (χ0v) is 12.8. The van der Waals surface area contributed by atoms with Crippen molar-refractivity contribution in [1.82, 2.24) is 20.0 Å². The molecule has 0 spiro atoms. The highest BCUT2D eigenvalue weighted by atomic mass is 16.2. The largest absolute Gasteiger partial charge is 0.336 e. The zero-order valence-electron chi connectivity index (χ0n) is 12.8. The SMILES string of the molecule is CC(C(=O)N1CC2CCCN2CC1C)N1CCNCC1. The summed E-state index contributed by atoms with van der Waals surface area (Å²) in [6.07, 6.45) is 2.56. The van der Waals surface area contributed by atoms with Gasteiger partial charge in [-0.05, 0) is 33.2 Å². The van der Waals surface area contributed by atoms with Gasteiger partial charge in [0.1, 0.15) is 0 Å². The van der Waals surface area contributed by atoms with Crippen molar-refractivity contribution in [2.45, 2.75) is 44.8 Å². The second kappa shape index (κ2) is 6.00. The van der Waals surface area contributed by atoms with E-state index in [1.165, 1.54) is 19.4 Å². The number of hydrogen-bond donors (Lipinski definition) is 1. The lowest BCUT2D eigenvalue weighted by Crippen LogP contribution is -2.61. The molecule has 0 aromatic rings.